The van der Waals surface area contributed by atoms with Gasteiger partial charge in [0.25, 0.3) is 0 Å². The van der Waals surface area contributed by atoms with E-state index in [2.05, 4.69) is 5.32 Å². The summed E-state index contributed by atoms with van der Waals surface area (Å²) >= 11 is 0. The van der Waals surface area contributed by atoms with E-state index in [0.717, 1.165) is 19.7 Å². The summed E-state index contributed by atoms with van der Waals surface area (Å²) in [6.45, 7) is 2.63. The fraction of sp³-hybridized carbons (Fsp3) is 1.00. The number of hydrogen-bond donors (Lipinski definition) is 2. The molecule has 1 aliphatic rings. The highest BCUT2D eigenvalue weighted by Gasteiger charge is 2.37. The second-order valence-corrected chi connectivity index (χ2v) is 3.03. The lowest BCUT2D eigenvalue weighted by molar-refractivity contribution is 0.198. The van der Waals surface area contributed by atoms with Gasteiger partial charge in [-0.2, -0.15) is 0 Å². The van der Waals surface area contributed by atoms with Crippen LogP contribution in [0.25, 0.3) is 0 Å². The molecule has 1 saturated carbocycles. The van der Waals surface area contributed by atoms with E-state index < -0.39 is 0 Å². The molecule has 0 aliphatic heterocycles. The molecule has 10 heavy (non-hydrogen) atoms. The quantitative estimate of drug-likeness (QED) is 0.521. The third kappa shape index (κ3) is 2.64. The smallest absolute Gasteiger partial charge is 0.0587 e. The van der Waals surface area contributed by atoms with Crippen LogP contribution in [0.3, 0.4) is 0 Å². The van der Waals surface area contributed by atoms with Crippen LogP contribution in [-0.4, -0.2) is 32.3 Å². The molecule has 1 fully saturated rings. The highest BCUT2D eigenvalue weighted by Crippen LogP contribution is 2.30. The Morgan fingerprint density at radius 2 is 2.30 bits per heavy atom. The summed E-state index contributed by atoms with van der Waals surface area (Å²) in [5.41, 5.74) is 5.96. The zero-order chi connectivity index (χ0) is 7.45. The molecule has 0 unspecified atom stereocenters. The minimum absolute atomic E-state index is 0.133. The number of ether oxygens (including phenoxy) is 1. The van der Waals surface area contributed by atoms with Crippen LogP contribution in [0.5, 0.6) is 0 Å². The highest BCUT2D eigenvalue weighted by molar-refractivity contribution is 5.00. The fourth-order valence-electron chi connectivity index (χ4n) is 0.849. The van der Waals surface area contributed by atoms with Crippen molar-refractivity contribution in [3.63, 3.8) is 0 Å². The fourth-order valence-corrected chi connectivity index (χ4v) is 0.849. The largest absolute Gasteiger partial charge is 0.383 e. The summed E-state index contributed by atoms with van der Waals surface area (Å²) < 4.78 is 4.87. The number of rotatable bonds is 5. The highest BCUT2D eigenvalue weighted by atomic mass is 16.5. The maximum Gasteiger partial charge on any atom is 0.0587 e. The Morgan fingerprint density at radius 1 is 1.60 bits per heavy atom. The molecule has 60 valence electrons. The van der Waals surface area contributed by atoms with Gasteiger partial charge in [0.2, 0.25) is 0 Å². The lowest BCUT2D eigenvalue weighted by atomic mass is 10.3. The van der Waals surface area contributed by atoms with Crippen LogP contribution in [0.15, 0.2) is 0 Å². The van der Waals surface area contributed by atoms with Gasteiger partial charge in [0.1, 0.15) is 0 Å². The van der Waals surface area contributed by atoms with Crippen molar-refractivity contribution in [3.8, 4) is 0 Å². The van der Waals surface area contributed by atoms with Gasteiger partial charge < -0.3 is 15.8 Å². The van der Waals surface area contributed by atoms with Gasteiger partial charge in [0.15, 0.2) is 0 Å². The maximum atomic E-state index is 5.83. The third-order valence-electron chi connectivity index (χ3n) is 1.85. The van der Waals surface area contributed by atoms with E-state index in [4.69, 9.17) is 10.5 Å². The van der Waals surface area contributed by atoms with Gasteiger partial charge >= 0.3 is 0 Å². The Morgan fingerprint density at radius 3 is 2.80 bits per heavy atom. The van der Waals surface area contributed by atoms with Crippen LogP contribution >= 0.6 is 0 Å². The summed E-state index contributed by atoms with van der Waals surface area (Å²) in [6.07, 6.45) is 2.35. The van der Waals surface area contributed by atoms with Crippen molar-refractivity contribution >= 4 is 0 Å². The van der Waals surface area contributed by atoms with E-state index in [-0.39, 0.29) is 5.54 Å². The SMILES string of the molecule is COCCNCC1(N)CC1. The van der Waals surface area contributed by atoms with Crippen molar-refractivity contribution in [2.75, 3.05) is 26.8 Å². The predicted octanol–water partition coefficient (Wildman–Crippen LogP) is -0.286. The normalized spacial score (nSPS) is 21.0. The number of methoxy groups -OCH3 is 1. The standard InChI is InChI=1S/C7H16N2O/c1-10-5-4-9-6-7(8)2-3-7/h9H,2-6,8H2,1H3. The van der Waals surface area contributed by atoms with E-state index >= 15 is 0 Å². The zero-order valence-corrected chi connectivity index (χ0v) is 6.52. The first-order valence-corrected chi connectivity index (χ1v) is 3.75. The number of nitrogens with two attached hydrogens (primary N) is 1. The molecule has 0 radical (unpaired) electrons. The van der Waals surface area contributed by atoms with Crippen LogP contribution in [0.4, 0.5) is 0 Å². The Labute approximate surface area is 61.9 Å². The second-order valence-electron chi connectivity index (χ2n) is 3.03. The van der Waals surface area contributed by atoms with Gasteiger partial charge in [-0.3, -0.25) is 0 Å². The third-order valence-corrected chi connectivity index (χ3v) is 1.85. The predicted molar refractivity (Wildman–Crippen MR) is 40.9 cm³/mol. The van der Waals surface area contributed by atoms with E-state index in [1.807, 2.05) is 0 Å². The lowest BCUT2D eigenvalue weighted by Gasteiger charge is -2.08. The average molecular weight is 144 g/mol. The molecule has 0 spiro atoms. The maximum absolute atomic E-state index is 5.83. The molecule has 3 heteroatoms. The molecule has 1 aliphatic carbocycles. The summed E-state index contributed by atoms with van der Waals surface area (Å²) in [6, 6.07) is 0. The molecule has 3 nitrogen and oxygen atoms in total. The van der Waals surface area contributed by atoms with Gasteiger partial charge in [-0.15, -0.1) is 0 Å². The van der Waals surface area contributed by atoms with E-state index in [1.165, 1.54) is 12.8 Å². The van der Waals surface area contributed by atoms with Crippen molar-refractivity contribution in [3.05, 3.63) is 0 Å². The Bertz CT molecular complexity index is 102. The van der Waals surface area contributed by atoms with Gasteiger partial charge in [0.05, 0.1) is 6.61 Å². The number of nitrogens with one attached hydrogen (secondary N) is 1. The first kappa shape index (κ1) is 7.98. The zero-order valence-electron chi connectivity index (χ0n) is 6.52. The van der Waals surface area contributed by atoms with Crippen LogP contribution in [0.2, 0.25) is 0 Å². The van der Waals surface area contributed by atoms with Crippen LogP contribution < -0.4 is 11.1 Å². The van der Waals surface area contributed by atoms with Gasteiger partial charge in [-0.25, -0.2) is 0 Å². The first-order valence-electron chi connectivity index (χ1n) is 3.75. The van der Waals surface area contributed by atoms with Gasteiger partial charge in [-0.1, -0.05) is 0 Å². The summed E-state index contributed by atoms with van der Waals surface area (Å²) in [7, 11) is 1.71. The van der Waals surface area contributed by atoms with Gasteiger partial charge in [0, 0.05) is 25.7 Å². The lowest BCUT2D eigenvalue weighted by Crippen LogP contribution is -2.37. The molecule has 0 aromatic rings. The van der Waals surface area contributed by atoms with Crippen molar-refractivity contribution in [1.29, 1.82) is 0 Å². The molecule has 1 rings (SSSR count). The molecule has 0 bridgehead atoms. The van der Waals surface area contributed by atoms with Gasteiger partial charge in [-0.05, 0) is 12.8 Å². The van der Waals surface area contributed by atoms with Crippen molar-refractivity contribution in [1.82, 2.24) is 5.32 Å². The van der Waals surface area contributed by atoms with E-state index in [0.29, 0.717) is 0 Å². The summed E-state index contributed by atoms with van der Waals surface area (Å²) in [5, 5.41) is 3.24. The second kappa shape index (κ2) is 3.32. The minimum atomic E-state index is 0.133. The molecule has 0 saturated heterocycles. The van der Waals surface area contributed by atoms with Crippen molar-refractivity contribution in [2.24, 2.45) is 5.73 Å². The Kier molecular flexibility index (Phi) is 2.65. The molecule has 3 N–H and O–H groups in total. The van der Waals surface area contributed by atoms with E-state index in [9.17, 15) is 0 Å². The van der Waals surface area contributed by atoms with Crippen LogP contribution in [0.1, 0.15) is 12.8 Å². The molecule has 0 atom stereocenters. The van der Waals surface area contributed by atoms with Crippen molar-refractivity contribution in [2.45, 2.75) is 18.4 Å². The molecular formula is C7H16N2O. The van der Waals surface area contributed by atoms with Crippen molar-refractivity contribution < 1.29 is 4.74 Å². The van der Waals surface area contributed by atoms with Crippen LogP contribution in [-0.2, 0) is 4.74 Å². The summed E-state index contributed by atoms with van der Waals surface area (Å²) in [5.74, 6) is 0. The summed E-state index contributed by atoms with van der Waals surface area (Å²) in [4.78, 5) is 0. The van der Waals surface area contributed by atoms with Crippen LogP contribution in [0, 0.1) is 0 Å². The molecule has 0 aromatic carbocycles. The topological polar surface area (TPSA) is 47.3 Å². The molecule has 0 amide bonds. The monoisotopic (exact) mass is 144 g/mol. The molecule has 0 aromatic heterocycles. The van der Waals surface area contributed by atoms with E-state index in [1.54, 1.807) is 7.11 Å². The molecule has 0 heterocycles. The minimum Gasteiger partial charge on any atom is -0.383 e. The average Bonchev–Trinajstić information content (AvgIpc) is 2.62. The number of hydrogen-bond acceptors (Lipinski definition) is 3. The Balaban J connectivity index is 1.86. The molecular weight excluding hydrogens is 128 g/mol. The first-order chi connectivity index (χ1) is 4.77. The Hall–Kier alpha value is -0.120.